The summed E-state index contributed by atoms with van der Waals surface area (Å²) in [6.07, 6.45) is 2.12. The molecule has 1 aromatic carbocycles. The third-order valence-electron chi connectivity index (χ3n) is 5.52. The van der Waals surface area contributed by atoms with Gasteiger partial charge in [0.15, 0.2) is 0 Å². The Balaban J connectivity index is 1.53. The van der Waals surface area contributed by atoms with Crippen LogP contribution in [-0.2, 0) is 4.74 Å². The Hall–Kier alpha value is -2.12. The second-order valence-electron chi connectivity index (χ2n) is 7.87. The van der Waals surface area contributed by atoms with E-state index in [2.05, 4.69) is 29.4 Å². The minimum atomic E-state index is -0.246. The number of benzene rings is 1. The predicted molar refractivity (Wildman–Crippen MR) is 110 cm³/mol. The van der Waals surface area contributed by atoms with Crippen LogP contribution in [0.15, 0.2) is 24.3 Å². The summed E-state index contributed by atoms with van der Waals surface area (Å²) in [5.41, 5.74) is 1.25. The van der Waals surface area contributed by atoms with Crippen LogP contribution in [0.25, 0.3) is 0 Å². The topological polar surface area (TPSA) is 73.9 Å². The van der Waals surface area contributed by atoms with Gasteiger partial charge in [0, 0.05) is 50.0 Å². The van der Waals surface area contributed by atoms with Gasteiger partial charge in [-0.25, -0.2) is 4.79 Å². The van der Waals surface area contributed by atoms with Gasteiger partial charge in [0.1, 0.15) is 0 Å². The normalized spacial score (nSPS) is 18.9. The Kier molecular flexibility index (Phi) is 7.28. The van der Waals surface area contributed by atoms with Gasteiger partial charge in [-0.05, 0) is 37.0 Å². The number of anilines is 1. The standard InChI is InChI=1S/C21H32N4O3/c1-16(2)19(24-10-12-28-13-11-24)15-22-21(27)23-18-7-5-6-17(14-18)20(26)25-8-3-4-9-25/h5-7,14,16,19H,3-4,8-13,15H2,1-2H3,(H2,22,23,27). The van der Waals surface area contributed by atoms with Gasteiger partial charge in [-0.2, -0.15) is 0 Å². The van der Waals surface area contributed by atoms with Crippen molar-refractivity contribution in [2.45, 2.75) is 32.7 Å². The lowest BCUT2D eigenvalue weighted by Crippen LogP contribution is -2.51. The van der Waals surface area contributed by atoms with Crippen molar-refractivity contribution < 1.29 is 14.3 Å². The van der Waals surface area contributed by atoms with E-state index in [9.17, 15) is 9.59 Å². The van der Waals surface area contributed by atoms with Crippen molar-refractivity contribution in [1.82, 2.24) is 15.1 Å². The molecule has 2 saturated heterocycles. The number of hydrogen-bond donors (Lipinski definition) is 2. The van der Waals surface area contributed by atoms with Crippen molar-refractivity contribution in [3.8, 4) is 0 Å². The van der Waals surface area contributed by atoms with Crippen LogP contribution in [0.4, 0.5) is 10.5 Å². The van der Waals surface area contributed by atoms with Gasteiger partial charge in [-0.1, -0.05) is 19.9 Å². The fraction of sp³-hybridized carbons (Fsp3) is 0.619. The summed E-state index contributed by atoms with van der Waals surface area (Å²) in [4.78, 5) is 29.2. The first-order valence-electron chi connectivity index (χ1n) is 10.3. The number of nitrogens with zero attached hydrogens (tertiary/aromatic N) is 2. The maximum atomic E-state index is 12.5. The first-order valence-corrected chi connectivity index (χ1v) is 10.3. The lowest BCUT2D eigenvalue weighted by Gasteiger charge is -2.36. The van der Waals surface area contributed by atoms with Crippen LogP contribution >= 0.6 is 0 Å². The molecule has 0 bridgehead atoms. The number of likely N-dealkylation sites (tertiary alicyclic amines) is 1. The third-order valence-corrected chi connectivity index (χ3v) is 5.52. The number of hydrogen-bond acceptors (Lipinski definition) is 4. The SMILES string of the molecule is CC(C)C(CNC(=O)Nc1cccc(C(=O)N2CCCC2)c1)N1CCOCC1. The van der Waals surface area contributed by atoms with E-state index < -0.39 is 0 Å². The van der Waals surface area contributed by atoms with Gasteiger partial charge < -0.3 is 20.3 Å². The molecule has 0 radical (unpaired) electrons. The Labute approximate surface area is 167 Å². The van der Waals surface area contributed by atoms with Crippen molar-refractivity contribution in [3.63, 3.8) is 0 Å². The summed E-state index contributed by atoms with van der Waals surface area (Å²) < 4.78 is 5.43. The van der Waals surface area contributed by atoms with Crippen LogP contribution < -0.4 is 10.6 Å². The molecule has 0 saturated carbocycles. The fourth-order valence-electron chi connectivity index (χ4n) is 3.90. The Bertz CT molecular complexity index is 667. The van der Waals surface area contributed by atoms with Crippen molar-refractivity contribution in [1.29, 1.82) is 0 Å². The van der Waals surface area contributed by atoms with E-state index in [-0.39, 0.29) is 18.0 Å². The van der Waals surface area contributed by atoms with Gasteiger partial charge in [0.05, 0.1) is 13.2 Å². The zero-order valence-electron chi connectivity index (χ0n) is 16.9. The largest absolute Gasteiger partial charge is 0.379 e. The van der Waals surface area contributed by atoms with Crippen LogP contribution in [0.3, 0.4) is 0 Å². The number of amides is 3. The third kappa shape index (κ3) is 5.45. The molecular weight excluding hydrogens is 356 g/mol. The summed E-state index contributed by atoms with van der Waals surface area (Å²) in [5, 5.41) is 5.85. The van der Waals surface area contributed by atoms with Gasteiger partial charge in [-0.3, -0.25) is 9.69 Å². The molecule has 28 heavy (non-hydrogen) atoms. The molecule has 3 amide bonds. The zero-order valence-corrected chi connectivity index (χ0v) is 16.9. The molecule has 1 unspecified atom stereocenters. The second-order valence-corrected chi connectivity index (χ2v) is 7.87. The number of ether oxygens (including phenoxy) is 1. The van der Waals surface area contributed by atoms with Crippen molar-refractivity contribution in [2.75, 3.05) is 51.3 Å². The Morgan fingerprint density at radius 2 is 1.82 bits per heavy atom. The Morgan fingerprint density at radius 1 is 1.11 bits per heavy atom. The molecule has 0 spiro atoms. The minimum Gasteiger partial charge on any atom is -0.379 e. The lowest BCUT2D eigenvalue weighted by atomic mass is 10.0. The van der Waals surface area contributed by atoms with E-state index in [0.717, 1.165) is 52.2 Å². The number of nitrogens with one attached hydrogen (secondary N) is 2. The maximum absolute atomic E-state index is 12.5. The molecule has 2 fully saturated rings. The smallest absolute Gasteiger partial charge is 0.319 e. The van der Waals surface area contributed by atoms with Crippen LogP contribution in [0.1, 0.15) is 37.0 Å². The molecule has 2 N–H and O–H groups in total. The molecule has 1 aromatic rings. The molecule has 2 aliphatic rings. The number of urea groups is 1. The summed E-state index contributed by atoms with van der Waals surface area (Å²) in [6, 6.07) is 7.20. The van der Waals surface area contributed by atoms with Crippen LogP contribution in [0, 0.1) is 5.92 Å². The first kappa shape index (κ1) is 20.6. The Morgan fingerprint density at radius 3 is 2.50 bits per heavy atom. The molecule has 7 heteroatoms. The van der Waals surface area contributed by atoms with Crippen LogP contribution in [-0.4, -0.2) is 73.7 Å². The molecule has 0 aliphatic carbocycles. The molecule has 2 heterocycles. The number of rotatable bonds is 6. The van der Waals surface area contributed by atoms with Gasteiger partial charge >= 0.3 is 6.03 Å². The molecule has 154 valence electrons. The van der Waals surface area contributed by atoms with Crippen molar-refractivity contribution in [2.24, 2.45) is 5.92 Å². The molecule has 3 rings (SSSR count). The summed E-state index contributed by atoms with van der Waals surface area (Å²) in [5.74, 6) is 0.466. The highest BCUT2D eigenvalue weighted by atomic mass is 16.5. The predicted octanol–water partition coefficient (Wildman–Crippen LogP) is 2.40. The number of carbonyl (C=O) groups excluding carboxylic acids is 2. The van der Waals surface area contributed by atoms with E-state index in [4.69, 9.17) is 4.74 Å². The maximum Gasteiger partial charge on any atom is 0.319 e. The number of morpholine rings is 1. The molecular formula is C21H32N4O3. The summed E-state index contributed by atoms with van der Waals surface area (Å²) in [7, 11) is 0. The van der Waals surface area contributed by atoms with E-state index in [0.29, 0.717) is 23.7 Å². The van der Waals surface area contributed by atoms with Gasteiger partial charge in [0.2, 0.25) is 0 Å². The average molecular weight is 389 g/mol. The highest BCUT2D eigenvalue weighted by Crippen LogP contribution is 2.17. The summed E-state index contributed by atoms with van der Waals surface area (Å²) >= 11 is 0. The zero-order chi connectivity index (χ0) is 19.9. The highest BCUT2D eigenvalue weighted by molar-refractivity contribution is 5.97. The van der Waals surface area contributed by atoms with Crippen LogP contribution in [0.5, 0.6) is 0 Å². The molecule has 1 atom stereocenters. The van der Waals surface area contributed by atoms with Gasteiger partial charge in [0.25, 0.3) is 5.91 Å². The van der Waals surface area contributed by atoms with E-state index in [1.165, 1.54) is 0 Å². The fourth-order valence-corrected chi connectivity index (χ4v) is 3.90. The second kappa shape index (κ2) is 9.89. The molecule has 7 nitrogen and oxygen atoms in total. The van der Waals surface area contributed by atoms with E-state index in [1.807, 2.05) is 17.0 Å². The monoisotopic (exact) mass is 388 g/mol. The van der Waals surface area contributed by atoms with E-state index >= 15 is 0 Å². The van der Waals surface area contributed by atoms with Crippen molar-refractivity contribution in [3.05, 3.63) is 29.8 Å². The lowest BCUT2D eigenvalue weighted by molar-refractivity contribution is 0.00728. The quantitative estimate of drug-likeness (QED) is 0.785. The van der Waals surface area contributed by atoms with Crippen molar-refractivity contribution >= 4 is 17.6 Å². The van der Waals surface area contributed by atoms with Crippen LogP contribution in [0.2, 0.25) is 0 Å². The van der Waals surface area contributed by atoms with E-state index in [1.54, 1.807) is 12.1 Å². The molecule has 0 aromatic heterocycles. The number of carbonyl (C=O) groups is 2. The average Bonchev–Trinajstić information content (AvgIpc) is 3.23. The summed E-state index contributed by atoms with van der Waals surface area (Å²) in [6.45, 7) is 9.83. The first-order chi connectivity index (χ1) is 13.5. The molecule has 2 aliphatic heterocycles. The van der Waals surface area contributed by atoms with Gasteiger partial charge in [-0.15, -0.1) is 0 Å². The minimum absolute atomic E-state index is 0.0359. The highest BCUT2D eigenvalue weighted by Gasteiger charge is 2.24.